The zero-order valence-electron chi connectivity index (χ0n) is 18.2. The minimum absolute atomic E-state index is 0.101. The van der Waals surface area contributed by atoms with Gasteiger partial charge in [0, 0.05) is 17.7 Å². The summed E-state index contributed by atoms with van der Waals surface area (Å²) in [5, 5.41) is 1.18. The fraction of sp³-hybridized carbons (Fsp3) is 0.269. The van der Waals surface area contributed by atoms with Crippen LogP contribution in [-0.2, 0) is 23.5 Å². The van der Waals surface area contributed by atoms with Crippen molar-refractivity contribution in [2.75, 3.05) is 0 Å². The molecule has 3 heterocycles. The molecule has 2 aromatic heterocycles. The summed E-state index contributed by atoms with van der Waals surface area (Å²) in [5.74, 6) is 0.721. The van der Waals surface area contributed by atoms with Crippen LogP contribution in [0.1, 0.15) is 37.1 Å². The first-order valence-electron chi connectivity index (χ1n) is 10.9. The molecule has 6 heteroatoms. The van der Waals surface area contributed by atoms with Crippen LogP contribution in [0.4, 0.5) is 0 Å². The number of hydrogen-bond donors (Lipinski definition) is 0. The van der Waals surface area contributed by atoms with Crippen LogP contribution in [0.2, 0.25) is 0 Å². The number of pyridine rings is 1. The van der Waals surface area contributed by atoms with Gasteiger partial charge in [-0.1, -0.05) is 67.2 Å². The van der Waals surface area contributed by atoms with Crippen molar-refractivity contribution in [3.63, 3.8) is 0 Å². The average Bonchev–Trinajstić information content (AvgIpc) is 2.83. The number of ether oxygens (including phenoxy) is 1. The Balaban J connectivity index is 1.65. The maximum atomic E-state index is 13.7. The topological polar surface area (TPSA) is 57.0 Å². The summed E-state index contributed by atoms with van der Waals surface area (Å²) in [4.78, 5) is 23.4. The highest BCUT2D eigenvalue weighted by Crippen LogP contribution is 2.31. The van der Waals surface area contributed by atoms with Gasteiger partial charge in [0.25, 0.3) is 5.56 Å². The monoisotopic (exact) mass is 443 g/mol. The smallest absolute Gasteiger partial charge is 0.268 e. The maximum absolute atomic E-state index is 13.7. The second-order valence-electron chi connectivity index (χ2n) is 8.38. The minimum atomic E-state index is -0.225. The van der Waals surface area contributed by atoms with Crippen molar-refractivity contribution < 1.29 is 4.74 Å². The van der Waals surface area contributed by atoms with Crippen LogP contribution < -0.4 is 5.56 Å². The van der Waals surface area contributed by atoms with Gasteiger partial charge in [-0.25, -0.2) is 9.97 Å². The number of fused-ring (bicyclic) bond motifs is 2. The van der Waals surface area contributed by atoms with Crippen LogP contribution in [0.25, 0.3) is 16.7 Å². The molecule has 1 aliphatic rings. The highest BCUT2D eigenvalue weighted by molar-refractivity contribution is 7.98. The van der Waals surface area contributed by atoms with E-state index in [1.165, 1.54) is 5.56 Å². The Bertz CT molecular complexity index is 1320. The molecule has 0 amide bonds. The van der Waals surface area contributed by atoms with Crippen molar-refractivity contribution in [1.29, 1.82) is 0 Å². The molecule has 4 aromatic rings. The first kappa shape index (κ1) is 20.9. The van der Waals surface area contributed by atoms with E-state index in [1.54, 1.807) is 16.3 Å². The van der Waals surface area contributed by atoms with Gasteiger partial charge >= 0.3 is 0 Å². The van der Waals surface area contributed by atoms with E-state index in [4.69, 9.17) is 14.7 Å². The number of thioether (sulfide) groups is 1. The summed E-state index contributed by atoms with van der Waals surface area (Å²) in [5.41, 5.74) is 4.13. The number of nitrogens with zero attached hydrogens (tertiary/aromatic N) is 3. The molecule has 0 radical (unpaired) electrons. The van der Waals surface area contributed by atoms with Crippen molar-refractivity contribution in [3.05, 3.63) is 93.9 Å². The fourth-order valence-electron chi connectivity index (χ4n) is 3.96. The Morgan fingerprint density at radius 2 is 1.78 bits per heavy atom. The minimum Gasteiger partial charge on any atom is -0.370 e. The van der Waals surface area contributed by atoms with Gasteiger partial charge in [0.05, 0.1) is 29.0 Å². The lowest BCUT2D eigenvalue weighted by atomic mass is 9.91. The van der Waals surface area contributed by atoms with Gasteiger partial charge in [-0.15, -0.1) is 0 Å². The molecule has 0 fully saturated rings. The molecule has 1 unspecified atom stereocenters. The summed E-state index contributed by atoms with van der Waals surface area (Å²) < 4.78 is 7.78. The highest BCUT2D eigenvalue weighted by Gasteiger charge is 2.31. The molecule has 2 aromatic carbocycles. The summed E-state index contributed by atoms with van der Waals surface area (Å²) >= 11 is 1.55. The Morgan fingerprint density at radius 3 is 2.50 bits per heavy atom. The van der Waals surface area contributed by atoms with Crippen molar-refractivity contribution >= 4 is 22.8 Å². The van der Waals surface area contributed by atoms with Crippen molar-refractivity contribution in [2.24, 2.45) is 0 Å². The van der Waals surface area contributed by atoms with Crippen molar-refractivity contribution in [1.82, 2.24) is 14.5 Å². The Kier molecular flexibility index (Phi) is 5.57. The van der Waals surface area contributed by atoms with E-state index < -0.39 is 0 Å². The predicted molar refractivity (Wildman–Crippen MR) is 128 cm³/mol. The first-order chi connectivity index (χ1) is 15.6. The molecular formula is C26H25N3O2S. The van der Waals surface area contributed by atoms with Gasteiger partial charge in [0.2, 0.25) is 0 Å². The third-order valence-electron chi connectivity index (χ3n) is 6.09. The van der Waals surface area contributed by atoms with Gasteiger partial charge in [-0.05, 0) is 37.1 Å². The Labute approximate surface area is 191 Å². The number of benzene rings is 2. The Morgan fingerprint density at radius 1 is 1.06 bits per heavy atom. The number of hydrogen-bond acceptors (Lipinski definition) is 5. The molecule has 0 saturated carbocycles. The largest absolute Gasteiger partial charge is 0.370 e. The standard InChI is InChI=1S/C26H25N3O2S/c1-3-26(2)15-22-19(16-31-26)14-21-23(27-22)28-25(32-17-18-10-6-4-7-11-18)29(24(21)30)20-12-8-5-9-13-20/h4-14H,3,15-17H2,1-2H3. The molecule has 5 rings (SSSR count). The molecule has 1 atom stereocenters. The van der Waals surface area contributed by atoms with E-state index in [-0.39, 0.29) is 11.2 Å². The summed E-state index contributed by atoms with van der Waals surface area (Å²) in [6, 6.07) is 21.8. The molecule has 162 valence electrons. The second-order valence-corrected chi connectivity index (χ2v) is 9.32. The molecule has 0 saturated heterocycles. The normalized spacial score (nSPS) is 17.9. The van der Waals surface area contributed by atoms with Crippen LogP contribution in [-0.4, -0.2) is 20.1 Å². The Hall–Kier alpha value is -2.96. The van der Waals surface area contributed by atoms with Gasteiger partial charge < -0.3 is 4.74 Å². The molecular weight excluding hydrogens is 418 g/mol. The quantitative estimate of drug-likeness (QED) is 0.309. The van der Waals surface area contributed by atoms with Crippen LogP contribution in [0.15, 0.2) is 76.7 Å². The lowest BCUT2D eigenvalue weighted by Gasteiger charge is -2.33. The van der Waals surface area contributed by atoms with E-state index in [0.717, 1.165) is 35.5 Å². The third-order valence-corrected chi connectivity index (χ3v) is 7.10. The molecule has 0 bridgehead atoms. The van der Waals surface area contributed by atoms with E-state index in [0.29, 0.717) is 22.8 Å². The van der Waals surface area contributed by atoms with E-state index in [9.17, 15) is 4.79 Å². The van der Waals surface area contributed by atoms with E-state index in [1.807, 2.05) is 54.6 Å². The summed E-state index contributed by atoms with van der Waals surface area (Å²) in [7, 11) is 0. The molecule has 5 nitrogen and oxygen atoms in total. The first-order valence-corrected chi connectivity index (χ1v) is 11.9. The van der Waals surface area contributed by atoms with E-state index >= 15 is 0 Å². The third kappa shape index (κ3) is 3.96. The van der Waals surface area contributed by atoms with Crippen LogP contribution >= 0.6 is 11.8 Å². The van der Waals surface area contributed by atoms with Crippen LogP contribution in [0.3, 0.4) is 0 Å². The predicted octanol–water partition coefficient (Wildman–Crippen LogP) is 5.31. The van der Waals surface area contributed by atoms with Gasteiger partial charge in [0.1, 0.15) is 0 Å². The summed E-state index contributed by atoms with van der Waals surface area (Å²) in [6.07, 6.45) is 1.64. The fourth-order valence-corrected chi connectivity index (χ4v) is 4.92. The molecule has 0 aliphatic carbocycles. The highest BCUT2D eigenvalue weighted by atomic mass is 32.2. The molecule has 0 spiro atoms. The summed E-state index contributed by atoms with van der Waals surface area (Å²) in [6.45, 7) is 4.71. The average molecular weight is 444 g/mol. The molecule has 0 N–H and O–H groups in total. The molecule has 32 heavy (non-hydrogen) atoms. The van der Waals surface area contributed by atoms with E-state index in [2.05, 4.69) is 26.0 Å². The zero-order valence-corrected chi connectivity index (χ0v) is 19.1. The molecule has 1 aliphatic heterocycles. The maximum Gasteiger partial charge on any atom is 0.268 e. The second kappa shape index (κ2) is 8.52. The number of aromatic nitrogens is 3. The SMILES string of the molecule is CCC1(C)Cc2nc3nc(SCc4ccccc4)n(-c4ccccc4)c(=O)c3cc2CO1. The van der Waals surface area contributed by atoms with Gasteiger partial charge in [0.15, 0.2) is 10.8 Å². The van der Waals surface area contributed by atoms with Gasteiger partial charge in [-0.2, -0.15) is 0 Å². The van der Waals surface area contributed by atoms with Crippen LogP contribution in [0.5, 0.6) is 0 Å². The number of rotatable bonds is 5. The van der Waals surface area contributed by atoms with Crippen LogP contribution in [0, 0.1) is 0 Å². The van der Waals surface area contributed by atoms with Crippen molar-refractivity contribution in [2.45, 2.75) is 49.8 Å². The zero-order chi connectivity index (χ0) is 22.1. The lowest BCUT2D eigenvalue weighted by Crippen LogP contribution is -2.35. The van der Waals surface area contributed by atoms with Gasteiger partial charge in [-0.3, -0.25) is 9.36 Å². The lowest BCUT2D eigenvalue weighted by molar-refractivity contribution is -0.0573. The number of para-hydroxylation sites is 1. The van der Waals surface area contributed by atoms with Crippen molar-refractivity contribution in [3.8, 4) is 5.69 Å².